The molecule has 0 unspecified atom stereocenters. The van der Waals surface area contributed by atoms with Gasteiger partial charge in [0, 0.05) is 0 Å². The quantitative estimate of drug-likeness (QED) is 0.313. The zero-order valence-electron chi connectivity index (χ0n) is 6.28. The summed E-state index contributed by atoms with van der Waals surface area (Å²) in [5.41, 5.74) is 0. The van der Waals surface area contributed by atoms with Crippen molar-refractivity contribution in [1.29, 1.82) is 0 Å². The molecule has 68 valence electrons. The first-order valence-corrected chi connectivity index (χ1v) is 4.38. The third-order valence-electron chi connectivity index (χ3n) is 0. The van der Waals surface area contributed by atoms with E-state index in [1.165, 1.54) is 0 Å². The number of rotatable bonds is 0. The number of hydrogen-bond donors (Lipinski definition) is 0. The van der Waals surface area contributed by atoms with E-state index < -0.39 is 15.6 Å². The smallest absolute Gasteiger partial charge is 2.00 e. The molecule has 0 aliphatic rings. The van der Waals surface area contributed by atoms with Gasteiger partial charge in [-0.1, -0.05) is 0 Å². The normalized spacial score (nSPS) is 8.43. The van der Waals surface area contributed by atoms with Crippen LogP contribution in [-0.2, 0) is 9.13 Å². The molecule has 0 aromatic carbocycles. The van der Waals surface area contributed by atoms with Gasteiger partial charge in [-0.2, -0.15) is 15.6 Å². The summed E-state index contributed by atoms with van der Waals surface area (Å²) in [5.74, 6) is 0. The first-order chi connectivity index (χ1) is 4.00. The Hall–Kier alpha value is 3.78. The largest absolute Gasteiger partial charge is 2.00 e. The molecule has 14 heteroatoms. The van der Waals surface area contributed by atoms with Crippen LogP contribution in [0.25, 0.3) is 0 Å². The molecular weight excluding hydrogens is 303 g/mol. The molecule has 0 amide bonds. The monoisotopic (exact) mass is 304 g/mol. The zero-order chi connectivity index (χ0) is 9.00. The third-order valence-corrected chi connectivity index (χ3v) is 0. The molecule has 14 heavy (non-hydrogen) atoms. The molecule has 0 aromatic heterocycles. The molecule has 0 radical (unpaired) electrons. The molecular formula is H2CaMg3O8P2. The van der Waals surface area contributed by atoms with Gasteiger partial charge in [0.05, 0.1) is 0 Å². The van der Waals surface area contributed by atoms with E-state index in [2.05, 4.69) is 0 Å². The summed E-state index contributed by atoms with van der Waals surface area (Å²) >= 11 is 0. The van der Waals surface area contributed by atoms with Crippen LogP contribution in [0.1, 0.15) is 0 Å². The second-order valence-electron chi connectivity index (χ2n) is 0.894. The molecule has 0 atom stereocenters. The van der Waals surface area contributed by atoms with Crippen molar-refractivity contribution in [1.82, 2.24) is 0 Å². The van der Waals surface area contributed by atoms with Crippen LogP contribution in [0.2, 0.25) is 0 Å². The fourth-order valence-electron chi connectivity index (χ4n) is 0. The number of phosphoric acid groups is 2. The summed E-state index contributed by atoms with van der Waals surface area (Å²) in [6.45, 7) is 0. The number of hydrogen-bond acceptors (Lipinski definition) is 8. The summed E-state index contributed by atoms with van der Waals surface area (Å²) in [5, 5.41) is 0. The van der Waals surface area contributed by atoms with E-state index in [1.807, 2.05) is 0 Å². The minimum atomic E-state index is -5.39. The fraction of sp³-hybridized carbons (Fsp3) is 0. The van der Waals surface area contributed by atoms with Crippen molar-refractivity contribution in [2.45, 2.75) is 0 Å². The van der Waals surface area contributed by atoms with Gasteiger partial charge in [-0.3, -0.25) is 0 Å². The second-order valence-corrected chi connectivity index (χ2v) is 2.68. The summed E-state index contributed by atoms with van der Waals surface area (Å²) in [7, 11) is -10.8. The van der Waals surface area contributed by atoms with E-state index in [0.717, 1.165) is 0 Å². The first kappa shape index (κ1) is 36.1. The standard InChI is InChI=1S/Ca.3Mg.2H3O4P.2H/c;;;;2*1-5(2,3)4;;/h;;;;2*(H3,1,2,3,4);;/q;3*+2;;;;/p-6. The van der Waals surface area contributed by atoms with Crippen molar-refractivity contribution in [2.24, 2.45) is 0 Å². The molecule has 0 aromatic rings. The van der Waals surface area contributed by atoms with Crippen LogP contribution in [0.3, 0.4) is 0 Å². The van der Waals surface area contributed by atoms with Crippen LogP contribution in [0, 0.1) is 0 Å². The average molecular weight is 305 g/mol. The van der Waals surface area contributed by atoms with E-state index >= 15 is 0 Å². The van der Waals surface area contributed by atoms with Gasteiger partial charge in [0.15, 0.2) is 0 Å². The maximum absolute atomic E-state index is 8.55. The van der Waals surface area contributed by atoms with Gasteiger partial charge in [0.2, 0.25) is 0 Å². The van der Waals surface area contributed by atoms with Crippen LogP contribution >= 0.6 is 15.6 Å². The van der Waals surface area contributed by atoms with Crippen molar-refractivity contribution >= 4 is 123 Å². The molecule has 0 rings (SSSR count). The molecule has 0 aliphatic carbocycles. The van der Waals surface area contributed by atoms with Crippen molar-refractivity contribution in [3.05, 3.63) is 0 Å². The Balaban J connectivity index is -0.0000000178. The van der Waals surface area contributed by atoms with E-state index in [-0.39, 0.29) is 107 Å². The summed E-state index contributed by atoms with van der Waals surface area (Å²) in [4.78, 5) is 51.3. The van der Waals surface area contributed by atoms with Gasteiger partial charge in [-0.05, 0) is 0 Å². The summed E-state index contributed by atoms with van der Waals surface area (Å²) < 4.78 is 17.1. The van der Waals surface area contributed by atoms with Gasteiger partial charge in [-0.15, -0.1) is 0 Å². The maximum atomic E-state index is 8.55. The van der Waals surface area contributed by atoms with Gasteiger partial charge >= 0.3 is 107 Å². The van der Waals surface area contributed by atoms with E-state index in [9.17, 15) is 0 Å². The van der Waals surface area contributed by atoms with Crippen LogP contribution < -0.4 is 29.4 Å². The van der Waals surface area contributed by atoms with Crippen LogP contribution in [0.5, 0.6) is 0 Å². The predicted octanol–water partition coefficient (Wildman–Crippen LogP) is -7.71. The minimum Gasteiger partial charge on any atom is 2.00 e. The zero-order valence-corrected chi connectivity index (χ0v) is 12.3. The Bertz CT molecular complexity index is 135. The Labute approximate surface area is 158 Å². The molecule has 0 N–H and O–H groups in total. The van der Waals surface area contributed by atoms with Gasteiger partial charge in [0.1, 0.15) is 0 Å². The topological polar surface area (TPSA) is 172 Å². The van der Waals surface area contributed by atoms with Crippen molar-refractivity contribution in [3.8, 4) is 0 Å². The van der Waals surface area contributed by atoms with E-state index in [0.29, 0.717) is 0 Å². The summed E-state index contributed by atoms with van der Waals surface area (Å²) in [6.07, 6.45) is 0. The molecule has 0 heterocycles. The van der Waals surface area contributed by atoms with Crippen LogP contribution in [0.4, 0.5) is 0 Å². The van der Waals surface area contributed by atoms with E-state index in [1.54, 1.807) is 0 Å². The Morgan fingerprint density at radius 2 is 0.571 bits per heavy atom. The molecule has 0 bridgehead atoms. The minimum absolute atomic E-state index is 0. The van der Waals surface area contributed by atoms with Crippen LogP contribution in [0.15, 0.2) is 0 Å². The molecule has 0 fully saturated rings. The third kappa shape index (κ3) is 241. The molecule has 0 spiro atoms. The van der Waals surface area contributed by atoms with Crippen molar-refractivity contribution in [3.63, 3.8) is 0 Å². The molecule has 0 saturated heterocycles. The van der Waals surface area contributed by atoms with Gasteiger partial charge in [-0.25, -0.2) is 0 Å². The molecule has 0 aliphatic heterocycles. The Morgan fingerprint density at radius 1 is 0.571 bits per heavy atom. The van der Waals surface area contributed by atoms with Crippen molar-refractivity contribution in [2.75, 3.05) is 0 Å². The average Bonchev–Trinajstić information content (AvgIpc) is 1.12. The SMILES string of the molecule is O=P([O-])([O-])[O-].O=P([O-])([O-])[O-].[CaH2].[Mg+2].[Mg+2].[Mg+2]. The van der Waals surface area contributed by atoms with Crippen LogP contribution in [-0.4, -0.2) is 107 Å². The predicted molar refractivity (Wildman–Crippen MR) is 41.0 cm³/mol. The first-order valence-electron chi connectivity index (χ1n) is 1.46. The fourth-order valence-corrected chi connectivity index (χ4v) is 0. The van der Waals surface area contributed by atoms with E-state index in [4.69, 9.17) is 38.5 Å². The molecule has 8 nitrogen and oxygen atoms in total. The van der Waals surface area contributed by atoms with Gasteiger partial charge < -0.3 is 38.5 Å². The summed E-state index contributed by atoms with van der Waals surface area (Å²) in [6, 6.07) is 0. The molecule has 0 saturated carbocycles. The maximum Gasteiger partial charge on any atom is 2.00 e. The second kappa shape index (κ2) is 16.8. The van der Waals surface area contributed by atoms with Gasteiger partial charge in [0.25, 0.3) is 0 Å². The van der Waals surface area contributed by atoms with Crippen molar-refractivity contribution < 1.29 is 38.5 Å². The Kier molecular flexibility index (Phi) is 43.2. The Morgan fingerprint density at radius 3 is 0.571 bits per heavy atom.